The summed E-state index contributed by atoms with van der Waals surface area (Å²) in [5, 5.41) is 2.86. The van der Waals surface area contributed by atoms with Gasteiger partial charge >= 0.3 is 5.97 Å². The summed E-state index contributed by atoms with van der Waals surface area (Å²) in [5.74, 6) is 2.20. The number of carbonyl (C=O) groups excluding carboxylic acids is 2. The summed E-state index contributed by atoms with van der Waals surface area (Å²) in [6, 6.07) is 3.13. The lowest BCUT2D eigenvalue weighted by Gasteiger charge is -2.21. The molecule has 1 amide bonds. The molecule has 3 atom stereocenters. The summed E-state index contributed by atoms with van der Waals surface area (Å²) >= 11 is 0. The number of nitrogens with one attached hydrogen (secondary N) is 1. The zero-order chi connectivity index (χ0) is 18.0. The minimum Gasteiger partial charge on any atom is -0.493 e. The number of benzene rings is 1. The number of ether oxygens (including phenoxy) is 3. The van der Waals surface area contributed by atoms with Crippen molar-refractivity contribution in [2.45, 2.75) is 32.1 Å². The van der Waals surface area contributed by atoms with Crippen LogP contribution in [0.25, 0.3) is 0 Å². The fourth-order valence-electron chi connectivity index (χ4n) is 4.33. The third-order valence-corrected chi connectivity index (χ3v) is 5.54. The van der Waals surface area contributed by atoms with Gasteiger partial charge in [0.2, 0.25) is 5.91 Å². The number of rotatable bonds is 6. The first kappa shape index (κ1) is 17.6. The summed E-state index contributed by atoms with van der Waals surface area (Å²) < 4.78 is 15.3. The highest BCUT2D eigenvalue weighted by molar-refractivity contribution is 6.02. The quantitative estimate of drug-likeness (QED) is 0.800. The number of hydrogen-bond donors (Lipinski definition) is 1. The first-order valence-electron chi connectivity index (χ1n) is 8.69. The Morgan fingerprint density at radius 3 is 2.36 bits per heavy atom. The van der Waals surface area contributed by atoms with Crippen molar-refractivity contribution in [2.24, 2.45) is 17.8 Å². The molecule has 25 heavy (non-hydrogen) atoms. The van der Waals surface area contributed by atoms with Gasteiger partial charge in [-0.1, -0.05) is 6.42 Å². The maximum Gasteiger partial charge on any atom is 0.340 e. The van der Waals surface area contributed by atoms with Crippen molar-refractivity contribution in [3.63, 3.8) is 0 Å². The van der Waals surface area contributed by atoms with Crippen molar-refractivity contribution >= 4 is 17.6 Å². The molecule has 0 radical (unpaired) electrons. The molecule has 2 aliphatic rings. The fraction of sp³-hybridized carbons (Fsp3) is 0.579. The van der Waals surface area contributed by atoms with Crippen LogP contribution in [0.4, 0.5) is 5.69 Å². The maximum absolute atomic E-state index is 12.5. The van der Waals surface area contributed by atoms with E-state index in [0.29, 0.717) is 35.4 Å². The van der Waals surface area contributed by atoms with Crippen LogP contribution in [0.3, 0.4) is 0 Å². The zero-order valence-electron chi connectivity index (χ0n) is 15.0. The van der Waals surface area contributed by atoms with Crippen LogP contribution in [0.5, 0.6) is 11.5 Å². The van der Waals surface area contributed by atoms with E-state index in [1.165, 1.54) is 46.7 Å². The van der Waals surface area contributed by atoms with E-state index >= 15 is 0 Å². The number of hydrogen-bond acceptors (Lipinski definition) is 5. The Bertz CT molecular complexity index is 672. The molecule has 0 spiro atoms. The Morgan fingerprint density at radius 1 is 1.08 bits per heavy atom. The van der Waals surface area contributed by atoms with Crippen LogP contribution < -0.4 is 14.8 Å². The van der Waals surface area contributed by atoms with Gasteiger partial charge in [0.05, 0.1) is 32.6 Å². The van der Waals surface area contributed by atoms with Gasteiger partial charge in [0, 0.05) is 18.6 Å². The highest BCUT2D eigenvalue weighted by Crippen LogP contribution is 2.49. The number of esters is 1. The third-order valence-electron chi connectivity index (χ3n) is 5.54. The fourth-order valence-corrected chi connectivity index (χ4v) is 4.33. The topological polar surface area (TPSA) is 73.9 Å². The zero-order valence-corrected chi connectivity index (χ0v) is 15.0. The molecule has 0 saturated heterocycles. The van der Waals surface area contributed by atoms with E-state index in [4.69, 9.17) is 14.2 Å². The van der Waals surface area contributed by atoms with Gasteiger partial charge in [-0.15, -0.1) is 0 Å². The van der Waals surface area contributed by atoms with Crippen LogP contribution in [0.2, 0.25) is 0 Å². The van der Waals surface area contributed by atoms with E-state index in [1.807, 2.05) is 0 Å². The van der Waals surface area contributed by atoms with Gasteiger partial charge in [0.1, 0.15) is 0 Å². The Kier molecular flexibility index (Phi) is 5.16. The first-order valence-corrected chi connectivity index (χ1v) is 8.69. The van der Waals surface area contributed by atoms with Gasteiger partial charge in [-0.3, -0.25) is 4.79 Å². The summed E-state index contributed by atoms with van der Waals surface area (Å²) in [6.07, 6.45) is 5.46. The van der Waals surface area contributed by atoms with Gasteiger partial charge in [-0.2, -0.15) is 0 Å². The van der Waals surface area contributed by atoms with Crippen LogP contribution in [-0.2, 0) is 9.53 Å². The Hall–Kier alpha value is -2.24. The number of methoxy groups -OCH3 is 3. The highest BCUT2D eigenvalue weighted by atomic mass is 16.5. The SMILES string of the molecule is COC(=O)c1cc(OC)c(OC)cc1NC(=O)C[C@H]1C[C@@H]2CC[C@@H]1C2. The monoisotopic (exact) mass is 347 g/mol. The third kappa shape index (κ3) is 3.57. The highest BCUT2D eigenvalue weighted by Gasteiger charge is 2.40. The smallest absolute Gasteiger partial charge is 0.340 e. The minimum atomic E-state index is -0.531. The summed E-state index contributed by atoms with van der Waals surface area (Å²) in [6.45, 7) is 0. The van der Waals surface area contributed by atoms with Crippen molar-refractivity contribution in [2.75, 3.05) is 26.6 Å². The van der Waals surface area contributed by atoms with Crippen molar-refractivity contribution < 1.29 is 23.8 Å². The lowest BCUT2D eigenvalue weighted by molar-refractivity contribution is -0.117. The minimum absolute atomic E-state index is 0.0741. The molecule has 2 bridgehead atoms. The maximum atomic E-state index is 12.5. The predicted molar refractivity (Wildman–Crippen MR) is 93.1 cm³/mol. The Balaban J connectivity index is 1.77. The second kappa shape index (κ2) is 7.33. The van der Waals surface area contributed by atoms with Gasteiger partial charge in [-0.25, -0.2) is 4.79 Å². The molecular formula is C19H25NO5. The van der Waals surface area contributed by atoms with Crippen molar-refractivity contribution in [3.05, 3.63) is 17.7 Å². The molecular weight excluding hydrogens is 322 g/mol. The summed E-state index contributed by atoms with van der Waals surface area (Å²) in [7, 11) is 4.31. The predicted octanol–water partition coefficient (Wildman–Crippen LogP) is 3.26. The molecule has 1 aromatic carbocycles. The van der Waals surface area contributed by atoms with Crippen LogP contribution >= 0.6 is 0 Å². The van der Waals surface area contributed by atoms with Crippen molar-refractivity contribution in [1.82, 2.24) is 0 Å². The van der Waals surface area contributed by atoms with Crippen LogP contribution in [0.15, 0.2) is 12.1 Å². The molecule has 136 valence electrons. The van der Waals surface area contributed by atoms with Crippen molar-refractivity contribution in [3.8, 4) is 11.5 Å². The lowest BCUT2D eigenvalue weighted by Crippen LogP contribution is -2.21. The van der Waals surface area contributed by atoms with Crippen LogP contribution in [0.1, 0.15) is 42.5 Å². The molecule has 1 aromatic rings. The molecule has 1 N–H and O–H groups in total. The molecule has 0 aliphatic heterocycles. The van der Waals surface area contributed by atoms with E-state index < -0.39 is 5.97 Å². The standard InChI is InChI=1S/C19H25NO5/c1-23-16-9-14(19(22)25-3)15(10-17(16)24-2)20-18(21)8-13-7-11-4-5-12(13)6-11/h9-13H,4-8H2,1-3H3,(H,20,21)/t11-,12-,13-/m1/s1. The molecule has 2 aliphatic carbocycles. The number of amides is 1. The number of fused-ring (bicyclic) bond motifs is 2. The molecule has 6 nitrogen and oxygen atoms in total. The number of anilines is 1. The van der Waals surface area contributed by atoms with Crippen LogP contribution in [-0.4, -0.2) is 33.2 Å². The molecule has 3 rings (SSSR count). The Morgan fingerprint density at radius 2 is 1.80 bits per heavy atom. The lowest BCUT2D eigenvalue weighted by atomic mass is 9.86. The van der Waals surface area contributed by atoms with Gasteiger partial charge < -0.3 is 19.5 Å². The van der Waals surface area contributed by atoms with Gasteiger partial charge in [-0.05, 0) is 37.0 Å². The first-order chi connectivity index (χ1) is 12.0. The normalized spacial score (nSPS) is 24.0. The molecule has 2 saturated carbocycles. The molecule has 0 unspecified atom stereocenters. The summed E-state index contributed by atoms with van der Waals surface area (Å²) in [4.78, 5) is 24.6. The van der Waals surface area contributed by atoms with E-state index in [2.05, 4.69) is 5.32 Å². The molecule has 0 heterocycles. The molecule has 2 fully saturated rings. The Labute approximate surface area is 147 Å². The summed E-state index contributed by atoms with van der Waals surface area (Å²) in [5.41, 5.74) is 0.638. The van der Waals surface area contributed by atoms with E-state index in [0.717, 1.165) is 12.3 Å². The van der Waals surface area contributed by atoms with Gasteiger partial charge in [0.25, 0.3) is 0 Å². The second-order valence-corrected chi connectivity index (χ2v) is 6.93. The molecule has 6 heteroatoms. The van der Waals surface area contributed by atoms with Gasteiger partial charge in [0.15, 0.2) is 11.5 Å². The van der Waals surface area contributed by atoms with E-state index in [9.17, 15) is 9.59 Å². The molecule has 0 aromatic heterocycles. The largest absolute Gasteiger partial charge is 0.493 e. The average molecular weight is 347 g/mol. The van der Waals surface area contributed by atoms with E-state index in [1.54, 1.807) is 6.07 Å². The average Bonchev–Trinajstić information content (AvgIpc) is 3.23. The number of carbonyl (C=O) groups is 2. The van der Waals surface area contributed by atoms with Crippen molar-refractivity contribution in [1.29, 1.82) is 0 Å². The van der Waals surface area contributed by atoms with Crippen LogP contribution in [0, 0.1) is 17.8 Å². The second-order valence-electron chi connectivity index (χ2n) is 6.93. The van der Waals surface area contributed by atoms with E-state index in [-0.39, 0.29) is 11.5 Å².